The molecule has 0 spiro atoms. The van der Waals surface area contributed by atoms with Crippen LogP contribution in [0.3, 0.4) is 0 Å². The largest absolute Gasteiger partial charge is 0.491 e. The molecular weight excluding hydrogens is 507 g/mol. The minimum atomic E-state index is -5.31. The summed E-state index contributed by atoms with van der Waals surface area (Å²) in [6.07, 6.45) is -5.31. The van der Waals surface area contributed by atoms with Gasteiger partial charge in [0.25, 0.3) is 11.8 Å². The Morgan fingerprint density at radius 2 is 1.42 bits per heavy atom. The first-order chi connectivity index (χ1) is 18.1. The van der Waals surface area contributed by atoms with Gasteiger partial charge in [-0.2, -0.15) is 13.2 Å². The number of nitrogens with two attached hydrogens (primary N) is 1. The summed E-state index contributed by atoms with van der Waals surface area (Å²) in [5.74, 6) is -5.26. The molecule has 38 heavy (non-hydrogen) atoms. The summed E-state index contributed by atoms with van der Waals surface area (Å²) in [5.41, 5.74) is 10.2. The van der Waals surface area contributed by atoms with E-state index in [1.807, 2.05) is 6.07 Å². The molecule has 0 atom stereocenters. The molecule has 0 aliphatic rings. The van der Waals surface area contributed by atoms with E-state index in [4.69, 9.17) is 10.5 Å². The monoisotopic (exact) mass is 529 g/mol. The summed E-state index contributed by atoms with van der Waals surface area (Å²) < 4.78 is 45.1. The van der Waals surface area contributed by atoms with Crippen molar-refractivity contribution in [1.29, 1.82) is 0 Å². The fraction of sp³-hybridized carbons (Fsp3) is 0.154. The molecule has 0 unspecified atom stereocenters. The van der Waals surface area contributed by atoms with Crippen LogP contribution < -0.4 is 15.9 Å². The number of hydrogen-bond acceptors (Lipinski definition) is 7. The molecule has 198 valence electrons. The molecule has 3 aromatic rings. The van der Waals surface area contributed by atoms with Crippen molar-refractivity contribution < 1.29 is 41.8 Å². The highest BCUT2D eigenvalue weighted by molar-refractivity contribution is 5.99. The summed E-state index contributed by atoms with van der Waals surface area (Å²) in [7, 11) is 0. The van der Waals surface area contributed by atoms with Gasteiger partial charge in [0, 0.05) is 17.7 Å². The molecule has 0 fully saturated rings. The molecule has 9 nitrogen and oxygen atoms in total. The molecule has 0 aromatic heterocycles. The third-order valence-corrected chi connectivity index (χ3v) is 5.01. The lowest BCUT2D eigenvalue weighted by molar-refractivity contribution is -0.202. The lowest BCUT2D eigenvalue weighted by atomic mass is 10.1. The Kier molecular flexibility index (Phi) is 9.17. The van der Waals surface area contributed by atoms with E-state index in [0.29, 0.717) is 12.1 Å². The zero-order valence-corrected chi connectivity index (χ0v) is 19.7. The fourth-order valence-electron chi connectivity index (χ4n) is 3.09. The van der Waals surface area contributed by atoms with Gasteiger partial charge < -0.3 is 15.2 Å². The number of halogens is 3. The molecule has 3 aromatic carbocycles. The molecule has 0 heterocycles. The third kappa shape index (κ3) is 7.90. The lowest BCUT2D eigenvalue weighted by Gasteiger charge is -2.24. The SMILES string of the molecule is NCc1ccc(C(=O)N(Cc2ccccc2)NC(=O)c2ccc(OCC(=O)OC(=O)C(F)(F)F)cc2)cc1. The first kappa shape index (κ1) is 27.9. The van der Waals surface area contributed by atoms with E-state index >= 15 is 0 Å². The predicted octanol–water partition coefficient (Wildman–Crippen LogP) is 3.14. The third-order valence-electron chi connectivity index (χ3n) is 5.01. The number of carbonyl (C=O) groups is 4. The molecular formula is C26H22F3N3O6. The molecule has 0 saturated heterocycles. The average molecular weight is 529 g/mol. The van der Waals surface area contributed by atoms with Crippen LogP contribution in [0.4, 0.5) is 13.2 Å². The molecule has 2 amide bonds. The van der Waals surface area contributed by atoms with Gasteiger partial charge in [0.05, 0.1) is 6.54 Å². The number of nitrogens with zero attached hydrogens (tertiary/aromatic N) is 1. The first-order valence-corrected chi connectivity index (χ1v) is 11.1. The second kappa shape index (κ2) is 12.5. The van der Waals surface area contributed by atoms with Crippen LogP contribution >= 0.6 is 0 Å². The van der Waals surface area contributed by atoms with Crippen LogP contribution in [0.5, 0.6) is 5.75 Å². The number of alkyl halides is 3. The molecule has 0 aliphatic heterocycles. The second-order valence-corrected chi connectivity index (χ2v) is 7.79. The molecule has 0 radical (unpaired) electrons. The highest BCUT2D eigenvalue weighted by atomic mass is 19.4. The van der Waals surface area contributed by atoms with E-state index in [0.717, 1.165) is 16.1 Å². The van der Waals surface area contributed by atoms with Crippen molar-refractivity contribution >= 4 is 23.8 Å². The van der Waals surface area contributed by atoms with Crippen molar-refractivity contribution in [3.63, 3.8) is 0 Å². The number of nitrogens with one attached hydrogen (secondary N) is 1. The van der Waals surface area contributed by atoms with Gasteiger partial charge in [0.1, 0.15) is 5.75 Å². The van der Waals surface area contributed by atoms with Gasteiger partial charge in [-0.05, 0) is 47.5 Å². The Hall–Kier alpha value is -4.71. The van der Waals surface area contributed by atoms with Crippen molar-refractivity contribution in [3.8, 4) is 5.75 Å². The van der Waals surface area contributed by atoms with Crippen LogP contribution in [-0.4, -0.2) is 41.5 Å². The molecule has 12 heteroatoms. The van der Waals surface area contributed by atoms with Crippen molar-refractivity contribution in [2.24, 2.45) is 5.73 Å². The van der Waals surface area contributed by atoms with E-state index in [-0.39, 0.29) is 17.9 Å². The zero-order valence-electron chi connectivity index (χ0n) is 19.7. The number of esters is 2. The maximum atomic E-state index is 13.2. The minimum absolute atomic E-state index is 0.0233. The number of benzene rings is 3. The molecule has 0 aliphatic carbocycles. The van der Waals surface area contributed by atoms with Crippen molar-refractivity contribution in [2.75, 3.05) is 6.61 Å². The smallest absolute Gasteiger partial charge is 0.482 e. The standard InChI is InChI=1S/C26H22F3N3O6/c27-26(28,29)25(36)38-22(33)16-37-21-12-10-19(11-13-21)23(34)31-32(15-18-4-2-1-3-5-18)24(35)20-8-6-17(14-30)7-9-20/h1-13H,14-16,30H2,(H,31,34). The Morgan fingerprint density at radius 1 is 0.816 bits per heavy atom. The van der Waals surface area contributed by atoms with Crippen LogP contribution in [0, 0.1) is 0 Å². The van der Waals surface area contributed by atoms with E-state index in [2.05, 4.69) is 10.2 Å². The Balaban J connectivity index is 1.66. The molecule has 3 N–H and O–H groups in total. The van der Waals surface area contributed by atoms with Gasteiger partial charge >= 0.3 is 18.1 Å². The summed E-state index contributed by atoms with van der Waals surface area (Å²) in [5, 5.41) is 1.16. The highest BCUT2D eigenvalue weighted by Gasteiger charge is 2.42. The number of amides is 2. The minimum Gasteiger partial charge on any atom is -0.482 e. The van der Waals surface area contributed by atoms with Gasteiger partial charge in [0.15, 0.2) is 6.61 Å². The second-order valence-electron chi connectivity index (χ2n) is 7.79. The van der Waals surface area contributed by atoms with Crippen molar-refractivity contribution in [2.45, 2.75) is 19.3 Å². The average Bonchev–Trinajstić information content (AvgIpc) is 2.91. The molecule has 0 bridgehead atoms. The molecule has 3 rings (SSSR count). The highest BCUT2D eigenvalue weighted by Crippen LogP contribution is 2.17. The summed E-state index contributed by atoms with van der Waals surface area (Å²) in [4.78, 5) is 48.1. The predicted molar refractivity (Wildman–Crippen MR) is 127 cm³/mol. The van der Waals surface area contributed by atoms with Gasteiger partial charge in [-0.25, -0.2) is 14.6 Å². The number of rotatable bonds is 8. The zero-order chi connectivity index (χ0) is 27.7. The normalized spacial score (nSPS) is 10.8. The Labute approximate surface area is 214 Å². The maximum Gasteiger partial charge on any atom is 0.491 e. The topological polar surface area (TPSA) is 128 Å². The summed E-state index contributed by atoms with van der Waals surface area (Å²) >= 11 is 0. The fourth-order valence-corrected chi connectivity index (χ4v) is 3.09. The van der Waals surface area contributed by atoms with Gasteiger partial charge in [-0.3, -0.25) is 15.0 Å². The molecule has 0 saturated carbocycles. The number of hydrogen-bond donors (Lipinski definition) is 2. The number of hydrazine groups is 1. The van der Waals surface area contributed by atoms with Gasteiger partial charge in [-0.15, -0.1) is 0 Å². The van der Waals surface area contributed by atoms with Gasteiger partial charge in [-0.1, -0.05) is 42.5 Å². The first-order valence-electron chi connectivity index (χ1n) is 11.1. The maximum absolute atomic E-state index is 13.2. The van der Waals surface area contributed by atoms with E-state index in [1.54, 1.807) is 48.5 Å². The van der Waals surface area contributed by atoms with E-state index < -0.39 is 36.5 Å². The number of carbonyl (C=O) groups excluding carboxylic acids is 4. The Bertz CT molecular complexity index is 1280. The van der Waals surface area contributed by atoms with Crippen LogP contribution in [0.15, 0.2) is 78.9 Å². The summed E-state index contributed by atoms with van der Waals surface area (Å²) in [6.45, 7) is -0.578. The van der Waals surface area contributed by atoms with E-state index in [9.17, 15) is 32.3 Å². The number of ether oxygens (including phenoxy) is 2. The van der Waals surface area contributed by atoms with Crippen molar-refractivity contribution in [3.05, 3.63) is 101 Å². The Morgan fingerprint density at radius 3 is 2.00 bits per heavy atom. The quantitative estimate of drug-likeness (QED) is 0.261. The van der Waals surface area contributed by atoms with Crippen LogP contribution in [0.1, 0.15) is 31.8 Å². The van der Waals surface area contributed by atoms with Gasteiger partial charge in [0.2, 0.25) is 0 Å². The van der Waals surface area contributed by atoms with Crippen LogP contribution in [0.2, 0.25) is 0 Å². The van der Waals surface area contributed by atoms with Crippen LogP contribution in [-0.2, 0) is 27.4 Å². The lowest BCUT2D eigenvalue weighted by Crippen LogP contribution is -2.45. The summed E-state index contributed by atoms with van der Waals surface area (Å²) in [6, 6.07) is 20.8. The van der Waals surface area contributed by atoms with Crippen molar-refractivity contribution in [1.82, 2.24) is 10.4 Å². The van der Waals surface area contributed by atoms with E-state index in [1.165, 1.54) is 24.3 Å². The van der Waals surface area contributed by atoms with Crippen LogP contribution in [0.25, 0.3) is 0 Å².